The first kappa shape index (κ1) is 24.0. The fourth-order valence-corrected chi connectivity index (χ4v) is 3.75. The highest BCUT2D eigenvalue weighted by molar-refractivity contribution is 6.52. The fraction of sp³-hybridized carbons (Fsp3) is 0.136. The first-order valence-electron chi connectivity index (χ1n) is 9.69. The van der Waals surface area contributed by atoms with Gasteiger partial charge in [0.2, 0.25) is 5.91 Å². The Bertz CT molecular complexity index is 1300. The average molecular weight is 529 g/mol. The number of furan rings is 1. The number of amides is 3. The van der Waals surface area contributed by atoms with Crippen molar-refractivity contribution in [2.45, 2.75) is 10.8 Å². The van der Waals surface area contributed by atoms with Crippen molar-refractivity contribution in [3.8, 4) is 0 Å². The average Bonchev–Trinajstić information content (AvgIpc) is 3.16. The molecule has 1 aliphatic carbocycles. The second-order valence-corrected chi connectivity index (χ2v) is 9.32. The van der Waals surface area contributed by atoms with Crippen LogP contribution in [-0.2, 0) is 4.79 Å². The number of hydrogen-bond acceptors (Lipinski definition) is 4. The van der Waals surface area contributed by atoms with E-state index in [-0.39, 0.29) is 22.0 Å². The highest BCUT2D eigenvalue weighted by Crippen LogP contribution is 2.53. The van der Waals surface area contributed by atoms with E-state index in [0.29, 0.717) is 6.42 Å². The lowest BCUT2D eigenvalue weighted by Gasteiger charge is -2.13. The lowest BCUT2D eigenvalue weighted by molar-refractivity contribution is -0.117. The largest absolute Gasteiger partial charge is 0.459 e. The molecule has 1 aromatic heterocycles. The molecule has 7 nitrogen and oxygen atoms in total. The summed E-state index contributed by atoms with van der Waals surface area (Å²) in [4.78, 5) is 37.1. The summed E-state index contributed by atoms with van der Waals surface area (Å²) in [5, 5.41) is 6.94. The van der Waals surface area contributed by atoms with Gasteiger partial charge in [-0.15, -0.1) is 23.2 Å². The maximum absolute atomic E-state index is 14.9. The minimum Gasteiger partial charge on any atom is -0.459 e. The Morgan fingerprint density at radius 3 is 2.38 bits per heavy atom. The van der Waals surface area contributed by atoms with E-state index in [1.165, 1.54) is 36.6 Å². The Kier molecular flexibility index (Phi) is 6.53. The summed E-state index contributed by atoms with van der Waals surface area (Å²) in [6.07, 6.45) is 1.52. The van der Waals surface area contributed by atoms with Gasteiger partial charge in [-0.05, 0) is 48.9 Å². The maximum Gasteiger partial charge on any atom is 0.291 e. The van der Waals surface area contributed by atoms with Crippen LogP contribution in [0.2, 0.25) is 5.02 Å². The Morgan fingerprint density at radius 2 is 1.74 bits per heavy atom. The highest BCUT2D eigenvalue weighted by atomic mass is 35.5. The van der Waals surface area contributed by atoms with Gasteiger partial charge in [0, 0.05) is 5.69 Å². The van der Waals surface area contributed by atoms with Gasteiger partial charge >= 0.3 is 0 Å². The summed E-state index contributed by atoms with van der Waals surface area (Å²) in [5.41, 5.74) is -1.05. The van der Waals surface area contributed by atoms with Crippen molar-refractivity contribution < 1.29 is 27.6 Å². The predicted octanol–water partition coefficient (Wildman–Crippen LogP) is 5.85. The fourth-order valence-electron chi connectivity index (χ4n) is 3.04. The van der Waals surface area contributed by atoms with E-state index >= 15 is 0 Å². The van der Waals surface area contributed by atoms with Gasteiger partial charge in [-0.2, -0.15) is 0 Å². The van der Waals surface area contributed by atoms with E-state index in [0.717, 1.165) is 12.1 Å². The van der Waals surface area contributed by atoms with Crippen LogP contribution in [-0.4, -0.2) is 22.1 Å². The lowest BCUT2D eigenvalue weighted by Crippen LogP contribution is -2.19. The van der Waals surface area contributed by atoms with E-state index < -0.39 is 51.0 Å². The molecular formula is C22H14Cl3F2N3O4. The van der Waals surface area contributed by atoms with E-state index in [1.807, 2.05) is 0 Å². The Balaban J connectivity index is 1.52. The van der Waals surface area contributed by atoms with Gasteiger partial charge in [0.05, 0.1) is 28.5 Å². The molecule has 3 aromatic rings. The van der Waals surface area contributed by atoms with Gasteiger partial charge in [0.1, 0.15) is 15.8 Å². The predicted molar refractivity (Wildman–Crippen MR) is 124 cm³/mol. The van der Waals surface area contributed by atoms with Gasteiger partial charge in [0.25, 0.3) is 11.8 Å². The first-order valence-corrected chi connectivity index (χ1v) is 10.8. The van der Waals surface area contributed by atoms with E-state index in [4.69, 9.17) is 39.2 Å². The SMILES string of the molecule is O=C(Nc1c(F)ccc(NC(=O)c2cc(NC(=O)C3CC3(Cl)Cl)ccc2Cl)c1F)c1ccco1. The zero-order chi connectivity index (χ0) is 24.6. The van der Waals surface area contributed by atoms with Crippen LogP contribution in [0.3, 0.4) is 0 Å². The lowest BCUT2D eigenvalue weighted by atomic mass is 10.1. The second-order valence-electron chi connectivity index (χ2n) is 7.37. The second kappa shape index (κ2) is 9.25. The molecule has 3 amide bonds. The summed E-state index contributed by atoms with van der Waals surface area (Å²) < 4.78 is 32.9. The minimum atomic E-state index is -1.22. The monoisotopic (exact) mass is 527 g/mol. The summed E-state index contributed by atoms with van der Waals surface area (Å²) >= 11 is 17.9. The van der Waals surface area contributed by atoms with Crippen molar-refractivity contribution in [2.24, 2.45) is 5.92 Å². The third-order valence-electron chi connectivity index (χ3n) is 4.94. The first-order chi connectivity index (χ1) is 16.1. The zero-order valence-electron chi connectivity index (χ0n) is 16.9. The van der Waals surface area contributed by atoms with Crippen LogP contribution in [0.5, 0.6) is 0 Å². The third kappa shape index (κ3) is 5.01. The number of anilines is 3. The van der Waals surface area contributed by atoms with Crippen LogP contribution in [0, 0.1) is 17.6 Å². The minimum absolute atomic E-state index is 0.0137. The van der Waals surface area contributed by atoms with Crippen LogP contribution in [0.25, 0.3) is 0 Å². The van der Waals surface area contributed by atoms with Gasteiger partial charge in [-0.25, -0.2) is 8.78 Å². The van der Waals surface area contributed by atoms with Crippen LogP contribution in [0.4, 0.5) is 25.8 Å². The third-order valence-corrected chi connectivity index (χ3v) is 6.11. The molecule has 0 radical (unpaired) electrons. The number of rotatable bonds is 6. The van der Waals surface area contributed by atoms with Crippen LogP contribution in [0.1, 0.15) is 27.3 Å². The number of carbonyl (C=O) groups is 3. The molecule has 3 N–H and O–H groups in total. The van der Waals surface area contributed by atoms with Crippen molar-refractivity contribution >= 4 is 69.6 Å². The molecule has 1 unspecified atom stereocenters. The number of carbonyl (C=O) groups excluding carboxylic acids is 3. The molecule has 1 fully saturated rings. The van der Waals surface area contributed by atoms with Gasteiger partial charge < -0.3 is 20.4 Å². The molecule has 0 saturated heterocycles. The van der Waals surface area contributed by atoms with Gasteiger partial charge in [0.15, 0.2) is 11.6 Å². The Morgan fingerprint density at radius 1 is 1.00 bits per heavy atom. The van der Waals surface area contributed by atoms with Crippen molar-refractivity contribution in [3.05, 3.63) is 76.7 Å². The number of halogens is 5. The van der Waals surface area contributed by atoms with Gasteiger partial charge in [-0.3, -0.25) is 14.4 Å². The molecule has 4 rings (SSSR count). The number of nitrogens with one attached hydrogen (secondary N) is 3. The van der Waals surface area contributed by atoms with Crippen LogP contribution >= 0.6 is 34.8 Å². The number of hydrogen-bond donors (Lipinski definition) is 3. The van der Waals surface area contributed by atoms with Gasteiger partial charge in [-0.1, -0.05) is 11.6 Å². The summed E-state index contributed by atoms with van der Waals surface area (Å²) in [5.74, 6) is -5.19. The molecule has 176 valence electrons. The quantitative estimate of drug-likeness (QED) is 0.350. The summed E-state index contributed by atoms with van der Waals surface area (Å²) in [6.45, 7) is 0. The summed E-state index contributed by atoms with van der Waals surface area (Å²) in [6, 6.07) is 8.71. The molecule has 1 aliphatic rings. The molecule has 1 saturated carbocycles. The van der Waals surface area contributed by atoms with E-state index in [1.54, 1.807) is 0 Å². The van der Waals surface area contributed by atoms with Crippen molar-refractivity contribution in [1.29, 1.82) is 0 Å². The van der Waals surface area contributed by atoms with Crippen molar-refractivity contribution in [2.75, 3.05) is 16.0 Å². The zero-order valence-corrected chi connectivity index (χ0v) is 19.2. The Labute approximate surface area is 206 Å². The van der Waals surface area contributed by atoms with Crippen molar-refractivity contribution in [1.82, 2.24) is 0 Å². The van der Waals surface area contributed by atoms with Crippen LogP contribution in [0.15, 0.2) is 53.1 Å². The molecular weight excluding hydrogens is 515 g/mol. The normalized spacial score (nSPS) is 16.0. The highest BCUT2D eigenvalue weighted by Gasteiger charge is 2.56. The summed E-state index contributed by atoms with van der Waals surface area (Å²) in [7, 11) is 0. The smallest absolute Gasteiger partial charge is 0.291 e. The Hall–Kier alpha value is -3.14. The number of alkyl halides is 2. The molecule has 2 aromatic carbocycles. The molecule has 1 atom stereocenters. The topological polar surface area (TPSA) is 100 Å². The molecule has 12 heteroatoms. The van der Waals surface area contributed by atoms with E-state index in [9.17, 15) is 23.2 Å². The molecule has 0 spiro atoms. The molecule has 1 heterocycles. The molecule has 0 aliphatic heterocycles. The maximum atomic E-state index is 14.9. The number of benzene rings is 2. The standard InChI is InChI=1S/C22H14Cl3F2N3O4/c23-13-4-3-10(28-20(32)12-9-22(12,24)25)8-11(13)19(31)29-15-6-5-14(26)18(17(15)27)30-21(33)16-2-1-7-34-16/h1-8,12H,9H2,(H,28,32)(H,29,31)(H,30,33). The molecule has 34 heavy (non-hydrogen) atoms. The van der Waals surface area contributed by atoms with E-state index in [2.05, 4.69) is 16.0 Å². The molecule has 0 bridgehead atoms. The van der Waals surface area contributed by atoms with Crippen molar-refractivity contribution in [3.63, 3.8) is 0 Å². The van der Waals surface area contributed by atoms with Crippen LogP contribution < -0.4 is 16.0 Å².